The van der Waals surface area contributed by atoms with Crippen LogP contribution in [0.25, 0.3) is 0 Å². The molecule has 1 saturated heterocycles. The van der Waals surface area contributed by atoms with E-state index in [-0.39, 0.29) is 0 Å². The molecule has 0 spiro atoms. The van der Waals surface area contributed by atoms with E-state index in [2.05, 4.69) is 29.2 Å². The van der Waals surface area contributed by atoms with Crippen molar-refractivity contribution in [3.63, 3.8) is 0 Å². The van der Waals surface area contributed by atoms with Crippen molar-refractivity contribution >= 4 is 11.8 Å². The van der Waals surface area contributed by atoms with Crippen LogP contribution in [0.3, 0.4) is 0 Å². The van der Waals surface area contributed by atoms with Crippen LogP contribution in [0.4, 0.5) is 0 Å². The molecule has 0 bridgehead atoms. The Balaban J connectivity index is 1.73. The van der Waals surface area contributed by atoms with Crippen LogP contribution >= 0.6 is 11.8 Å². The molecule has 0 unspecified atom stereocenters. The molecular weight excluding hydrogens is 194 g/mol. The second-order valence-electron chi connectivity index (χ2n) is 4.22. The maximum absolute atomic E-state index is 9.01. The first kappa shape index (κ1) is 10.5. The van der Waals surface area contributed by atoms with Crippen molar-refractivity contribution in [2.45, 2.75) is 31.3 Å². The summed E-state index contributed by atoms with van der Waals surface area (Å²) in [6.45, 7) is 0.301. The molecule has 0 saturated carbocycles. The summed E-state index contributed by atoms with van der Waals surface area (Å²) in [6, 6.07) is 1.23. The lowest BCUT2D eigenvalue weighted by atomic mass is 10.1. The Labute approximate surface area is 90.2 Å². The molecule has 14 heavy (non-hydrogen) atoms. The van der Waals surface area contributed by atoms with Crippen LogP contribution in [0.15, 0.2) is 12.2 Å². The highest BCUT2D eigenvalue weighted by Gasteiger charge is 2.21. The lowest BCUT2D eigenvalue weighted by Gasteiger charge is -2.25. The molecule has 2 atom stereocenters. The molecule has 2 N–H and O–H groups in total. The van der Waals surface area contributed by atoms with Gasteiger partial charge in [0.15, 0.2) is 0 Å². The predicted octanol–water partition coefficient (Wildman–Crippen LogP) is 1.41. The quantitative estimate of drug-likeness (QED) is 0.695. The van der Waals surface area contributed by atoms with Crippen molar-refractivity contribution in [2.24, 2.45) is 5.92 Å². The fraction of sp³-hybridized carbons (Fsp3) is 0.818. The third-order valence-electron chi connectivity index (χ3n) is 3.08. The maximum Gasteiger partial charge on any atom is 0.0494 e. The topological polar surface area (TPSA) is 32.3 Å². The molecule has 0 aromatic carbocycles. The van der Waals surface area contributed by atoms with Gasteiger partial charge in [-0.1, -0.05) is 12.2 Å². The van der Waals surface area contributed by atoms with E-state index >= 15 is 0 Å². The molecule has 0 amide bonds. The van der Waals surface area contributed by atoms with E-state index < -0.39 is 0 Å². The predicted molar refractivity (Wildman–Crippen MR) is 61.6 cm³/mol. The number of nitrogens with one attached hydrogen (secondary N) is 1. The SMILES string of the molecule is OC[C@H]1C=C[C@@H](NC2CCSCC2)C1. The van der Waals surface area contributed by atoms with Crippen LogP contribution in [0.1, 0.15) is 19.3 Å². The fourth-order valence-corrected chi connectivity index (χ4v) is 3.31. The van der Waals surface area contributed by atoms with Crippen LogP contribution < -0.4 is 5.32 Å². The minimum absolute atomic E-state index is 0.301. The molecule has 2 rings (SSSR count). The molecule has 1 aliphatic carbocycles. The third-order valence-corrected chi connectivity index (χ3v) is 4.13. The minimum atomic E-state index is 0.301. The molecule has 1 fully saturated rings. The highest BCUT2D eigenvalue weighted by atomic mass is 32.2. The number of hydrogen-bond acceptors (Lipinski definition) is 3. The fourth-order valence-electron chi connectivity index (χ4n) is 2.20. The van der Waals surface area contributed by atoms with Gasteiger partial charge in [-0.15, -0.1) is 0 Å². The Bertz CT molecular complexity index is 201. The van der Waals surface area contributed by atoms with Gasteiger partial charge < -0.3 is 10.4 Å². The molecule has 1 heterocycles. The monoisotopic (exact) mass is 213 g/mol. The Kier molecular flexibility index (Phi) is 3.90. The van der Waals surface area contributed by atoms with E-state index in [0.29, 0.717) is 24.6 Å². The van der Waals surface area contributed by atoms with Crippen molar-refractivity contribution in [1.82, 2.24) is 5.32 Å². The van der Waals surface area contributed by atoms with Crippen molar-refractivity contribution in [3.05, 3.63) is 12.2 Å². The Morgan fingerprint density at radius 1 is 1.29 bits per heavy atom. The molecule has 0 radical (unpaired) electrons. The van der Waals surface area contributed by atoms with Gasteiger partial charge in [0.05, 0.1) is 0 Å². The van der Waals surface area contributed by atoms with E-state index in [1.165, 1.54) is 24.3 Å². The van der Waals surface area contributed by atoms with E-state index in [4.69, 9.17) is 5.11 Å². The van der Waals surface area contributed by atoms with Gasteiger partial charge in [0.1, 0.15) is 0 Å². The molecule has 3 heteroatoms. The van der Waals surface area contributed by atoms with Crippen molar-refractivity contribution in [1.29, 1.82) is 0 Å². The molecule has 0 aromatic heterocycles. The normalized spacial score (nSPS) is 33.8. The van der Waals surface area contributed by atoms with Gasteiger partial charge in [-0.3, -0.25) is 0 Å². The van der Waals surface area contributed by atoms with E-state index in [0.717, 1.165) is 6.42 Å². The molecule has 2 aliphatic rings. The average Bonchev–Trinajstić information content (AvgIpc) is 2.67. The summed E-state index contributed by atoms with van der Waals surface area (Å²) >= 11 is 2.06. The molecule has 1 aliphatic heterocycles. The molecule has 80 valence electrons. The second-order valence-corrected chi connectivity index (χ2v) is 5.45. The first-order valence-corrected chi connectivity index (χ1v) is 6.67. The second kappa shape index (κ2) is 5.19. The summed E-state index contributed by atoms with van der Waals surface area (Å²) in [5.74, 6) is 3.00. The highest BCUT2D eigenvalue weighted by molar-refractivity contribution is 7.99. The van der Waals surface area contributed by atoms with Crippen LogP contribution in [0, 0.1) is 5.92 Å². The van der Waals surface area contributed by atoms with E-state index in [1.807, 2.05) is 0 Å². The van der Waals surface area contributed by atoms with Crippen molar-refractivity contribution in [3.8, 4) is 0 Å². The Morgan fingerprint density at radius 2 is 2.07 bits per heavy atom. The Hall–Kier alpha value is 0.01000. The summed E-state index contributed by atoms with van der Waals surface area (Å²) in [5, 5.41) is 12.7. The number of aliphatic hydroxyl groups excluding tert-OH is 1. The lowest BCUT2D eigenvalue weighted by molar-refractivity contribution is 0.244. The van der Waals surface area contributed by atoms with Gasteiger partial charge in [-0.2, -0.15) is 11.8 Å². The van der Waals surface area contributed by atoms with E-state index in [9.17, 15) is 0 Å². The largest absolute Gasteiger partial charge is 0.396 e. The smallest absolute Gasteiger partial charge is 0.0494 e. The third kappa shape index (κ3) is 2.75. The van der Waals surface area contributed by atoms with Crippen LogP contribution in [0.5, 0.6) is 0 Å². The first-order valence-electron chi connectivity index (χ1n) is 5.51. The van der Waals surface area contributed by atoms with Crippen molar-refractivity contribution in [2.75, 3.05) is 18.1 Å². The Morgan fingerprint density at radius 3 is 2.71 bits per heavy atom. The van der Waals surface area contributed by atoms with Gasteiger partial charge >= 0.3 is 0 Å². The van der Waals surface area contributed by atoms with E-state index in [1.54, 1.807) is 0 Å². The zero-order chi connectivity index (χ0) is 9.80. The zero-order valence-corrected chi connectivity index (χ0v) is 9.30. The highest BCUT2D eigenvalue weighted by Crippen LogP contribution is 2.21. The first-order chi connectivity index (χ1) is 6.88. The molecule has 0 aromatic rings. The summed E-state index contributed by atoms with van der Waals surface area (Å²) in [5.41, 5.74) is 0. The van der Waals surface area contributed by atoms with Gasteiger partial charge in [0, 0.05) is 24.6 Å². The van der Waals surface area contributed by atoms with Crippen molar-refractivity contribution < 1.29 is 5.11 Å². The van der Waals surface area contributed by atoms with Gasteiger partial charge in [0.2, 0.25) is 0 Å². The van der Waals surface area contributed by atoms with Crippen LogP contribution in [-0.4, -0.2) is 35.3 Å². The van der Waals surface area contributed by atoms with Gasteiger partial charge in [-0.05, 0) is 30.8 Å². The number of hydrogen-bond donors (Lipinski definition) is 2. The van der Waals surface area contributed by atoms with Crippen LogP contribution in [0.2, 0.25) is 0 Å². The number of aliphatic hydroxyl groups is 1. The van der Waals surface area contributed by atoms with Crippen LogP contribution in [-0.2, 0) is 0 Å². The summed E-state index contributed by atoms with van der Waals surface area (Å²) in [6.07, 6.45) is 8.07. The minimum Gasteiger partial charge on any atom is -0.396 e. The molecule has 2 nitrogen and oxygen atoms in total. The summed E-state index contributed by atoms with van der Waals surface area (Å²) in [4.78, 5) is 0. The maximum atomic E-state index is 9.01. The number of thioether (sulfide) groups is 1. The average molecular weight is 213 g/mol. The van der Waals surface area contributed by atoms with Gasteiger partial charge in [-0.25, -0.2) is 0 Å². The summed E-state index contributed by atoms with van der Waals surface area (Å²) < 4.78 is 0. The summed E-state index contributed by atoms with van der Waals surface area (Å²) in [7, 11) is 0. The zero-order valence-electron chi connectivity index (χ0n) is 8.48. The standard InChI is InChI=1S/C11H19NOS/c13-8-9-1-2-11(7-9)12-10-3-5-14-6-4-10/h1-2,9-13H,3-8H2/t9-,11+/m0/s1. The number of rotatable bonds is 3. The molecular formula is C11H19NOS. The lowest BCUT2D eigenvalue weighted by Crippen LogP contribution is -2.39. The van der Waals surface area contributed by atoms with Gasteiger partial charge in [0.25, 0.3) is 0 Å².